The molecule has 190 valence electrons. The summed E-state index contributed by atoms with van der Waals surface area (Å²) in [4.78, 5) is 0. The van der Waals surface area contributed by atoms with Crippen molar-refractivity contribution >= 4 is 76.4 Å². The highest BCUT2D eigenvalue weighted by molar-refractivity contribution is 7.26. The summed E-state index contributed by atoms with van der Waals surface area (Å²) in [7, 11) is 0. The van der Waals surface area contributed by atoms with Gasteiger partial charge in [0.25, 0.3) is 6.71 Å². The SMILES string of the molecule is c1ccc2c(c1)Oc1cc(-n3c4ccccc4c4ccc5sc6ccccc6c5c43)cc3c1B2c1ccccc1O3. The van der Waals surface area contributed by atoms with Crippen molar-refractivity contribution in [3.8, 4) is 28.7 Å². The van der Waals surface area contributed by atoms with Crippen LogP contribution in [0.25, 0.3) is 47.7 Å². The Morgan fingerprint density at radius 1 is 0.537 bits per heavy atom. The molecular weight excluding hydrogens is 521 g/mol. The molecule has 0 aliphatic carbocycles. The molecule has 0 unspecified atom stereocenters. The standard InChI is InChI=1S/C36H20BNO2S/c1-5-13-27-22(9-1)23-17-18-33-34(24-10-2-8-16-32(24)41-33)36(23)38(27)21-19-30-35-31(20-21)40-29-15-7-4-12-26(29)37(35)25-11-3-6-14-28(25)39-30/h1-20H. The van der Waals surface area contributed by atoms with Gasteiger partial charge in [-0.15, -0.1) is 11.3 Å². The van der Waals surface area contributed by atoms with Crippen LogP contribution in [0.3, 0.4) is 0 Å². The molecule has 2 aliphatic rings. The molecule has 0 saturated heterocycles. The zero-order valence-electron chi connectivity index (χ0n) is 21.8. The monoisotopic (exact) mass is 541 g/mol. The third-order valence-corrected chi connectivity index (χ3v) is 9.85. The fourth-order valence-electron chi connectivity index (χ4n) is 7.04. The van der Waals surface area contributed by atoms with E-state index in [-0.39, 0.29) is 6.71 Å². The molecule has 10 rings (SSSR count). The number of ether oxygens (including phenoxy) is 2. The Labute approximate surface area is 239 Å². The number of thiophene rings is 1. The number of fused-ring (bicyclic) bond motifs is 11. The van der Waals surface area contributed by atoms with Gasteiger partial charge in [0.2, 0.25) is 0 Å². The van der Waals surface area contributed by atoms with Crippen LogP contribution < -0.4 is 25.9 Å². The van der Waals surface area contributed by atoms with E-state index in [1.165, 1.54) is 52.9 Å². The fraction of sp³-hybridized carbons (Fsp3) is 0. The molecule has 0 spiro atoms. The van der Waals surface area contributed by atoms with Gasteiger partial charge < -0.3 is 14.0 Å². The Balaban J connectivity index is 1.34. The predicted molar refractivity (Wildman–Crippen MR) is 171 cm³/mol. The number of hydrogen-bond acceptors (Lipinski definition) is 3. The van der Waals surface area contributed by atoms with Crippen molar-refractivity contribution in [1.29, 1.82) is 0 Å². The van der Waals surface area contributed by atoms with Crippen molar-refractivity contribution in [1.82, 2.24) is 4.57 Å². The van der Waals surface area contributed by atoms with Gasteiger partial charge in [-0.25, -0.2) is 0 Å². The molecule has 0 saturated carbocycles. The molecule has 5 heteroatoms. The molecule has 0 fully saturated rings. The Hall–Kier alpha value is -5.00. The van der Waals surface area contributed by atoms with E-state index in [4.69, 9.17) is 9.47 Å². The second-order valence-electron chi connectivity index (χ2n) is 10.9. The van der Waals surface area contributed by atoms with E-state index in [1.54, 1.807) is 0 Å². The van der Waals surface area contributed by atoms with Crippen molar-refractivity contribution in [2.24, 2.45) is 0 Å². The first-order chi connectivity index (χ1) is 20.3. The minimum absolute atomic E-state index is 0.0645. The van der Waals surface area contributed by atoms with Gasteiger partial charge in [0, 0.05) is 48.5 Å². The second-order valence-corrected chi connectivity index (χ2v) is 11.9. The number of hydrogen-bond donors (Lipinski definition) is 0. The smallest absolute Gasteiger partial charge is 0.260 e. The summed E-state index contributed by atoms with van der Waals surface area (Å²) >= 11 is 1.85. The maximum absolute atomic E-state index is 6.65. The average molecular weight is 541 g/mol. The molecule has 0 N–H and O–H groups in total. The number of para-hydroxylation sites is 3. The minimum Gasteiger partial charge on any atom is -0.458 e. The van der Waals surface area contributed by atoms with Gasteiger partial charge in [-0.1, -0.05) is 78.9 Å². The molecule has 0 bridgehead atoms. The summed E-state index contributed by atoms with van der Waals surface area (Å²) in [6.07, 6.45) is 0. The van der Waals surface area contributed by atoms with Gasteiger partial charge >= 0.3 is 0 Å². The average Bonchev–Trinajstić information content (AvgIpc) is 3.56. The molecule has 41 heavy (non-hydrogen) atoms. The van der Waals surface area contributed by atoms with Crippen LogP contribution in [0.5, 0.6) is 23.0 Å². The van der Waals surface area contributed by atoms with Gasteiger partial charge in [-0.3, -0.25) is 0 Å². The van der Waals surface area contributed by atoms with Gasteiger partial charge in [0.15, 0.2) is 0 Å². The lowest BCUT2D eigenvalue weighted by atomic mass is 9.35. The molecule has 0 atom stereocenters. The maximum Gasteiger partial charge on any atom is 0.260 e. The highest BCUT2D eigenvalue weighted by Crippen LogP contribution is 2.44. The predicted octanol–water partition coefficient (Wildman–Crippen LogP) is 7.88. The summed E-state index contributed by atoms with van der Waals surface area (Å²) < 4.78 is 18.3. The van der Waals surface area contributed by atoms with Crippen LogP contribution in [0, 0.1) is 0 Å². The van der Waals surface area contributed by atoms with Crippen molar-refractivity contribution in [2.45, 2.75) is 0 Å². The number of nitrogens with zero attached hydrogens (tertiary/aromatic N) is 1. The van der Waals surface area contributed by atoms with Gasteiger partial charge in [-0.05, 0) is 41.3 Å². The molecule has 4 heterocycles. The Kier molecular flexibility index (Phi) is 4.15. The van der Waals surface area contributed by atoms with Crippen molar-refractivity contribution in [3.63, 3.8) is 0 Å². The van der Waals surface area contributed by atoms with E-state index >= 15 is 0 Å². The normalized spacial score (nSPS) is 13.2. The van der Waals surface area contributed by atoms with E-state index < -0.39 is 0 Å². The van der Waals surface area contributed by atoms with E-state index in [2.05, 4.69) is 114 Å². The second kappa shape index (κ2) is 7.81. The van der Waals surface area contributed by atoms with Crippen LogP contribution in [0.1, 0.15) is 0 Å². The van der Waals surface area contributed by atoms with Crippen molar-refractivity contribution in [2.75, 3.05) is 0 Å². The quantitative estimate of drug-likeness (QED) is 0.198. The lowest BCUT2D eigenvalue weighted by Gasteiger charge is -2.33. The molecule has 0 amide bonds. The lowest BCUT2D eigenvalue weighted by Crippen LogP contribution is -2.57. The van der Waals surface area contributed by atoms with Crippen LogP contribution >= 0.6 is 11.3 Å². The third kappa shape index (κ3) is 2.83. The Morgan fingerprint density at radius 2 is 1.17 bits per heavy atom. The van der Waals surface area contributed by atoms with Crippen LogP contribution in [0.15, 0.2) is 121 Å². The molecule has 3 nitrogen and oxygen atoms in total. The first kappa shape index (κ1) is 21.8. The molecule has 2 aromatic heterocycles. The third-order valence-electron chi connectivity index (χ3n) is 8.71. The summed E-state index contributed by atoms with van der Waals surface area (Å²) in [6.45, 7) is 0.0645. The first-order valence-corrected chi connectivity index (χ1v) is 14.7. The Morgan fingerprint density at radius 3 is 1.93 bits per heavy atom. The van der Waals surface area contributed by atoms with E-state index in [0.717, 1.165) is 34.1 Å². The molecule has 6 aromatic carbocycles. The van der Waals surface area contributed by atoms with Crippen molar-refractivity contribution in [3.05, 3.63) is 121 Å². The summed E-state index contributed by atoms with van der Waals surface area (Å²) in [5.41, 5.74) is 6.86. The van der Waals surface area contributed by atoms with Crippen molar-refractivity contribution < 1.29 is 9.47 Å². The minimum atomic E-state index is 0.0645. The van der Waals surface area contributed by atoms with Gasteiger partial charge in [0.05, 0.1) is 16.7 Å². The topological polar surface area (TPSA) is 23.4 Å². The highest BCUT2D eigenvalue weighted by atomic mass is 32.1. The van der Waals surface area contributed by atoms with E-state index in [1.807, 2.05) is 23.5 Å². The lowest BCUT2D eigenvalue weighted by molar-refractivity contribution is 0.464. The fourth-order valence-corrected chi connectivity index (χ4v) is 8.15. The van der Waals surface area contributed by atoms with Crippen LogP contribution in [-0.2, 0) is 0 Å². The van der Waals surface area contributed by atoms with E-state index in [9.17, 15) is 0 Å². The molecule has 8 aromatic rings. The van der Waals surface area contributed by atoms with Crippen LogP contribution in [0.2, 0.25) is 0 Å². The zero-order valence-corrected chi connectivity index (χ0v) is 22.6. The molecule has 0 radical (unpaired) electrons. The summed E-state index contributed by atoms with van der Waals surface area (Å²) in [5.74, 6) is 3.50. The van der Waals surface area contributed by atoms with Gasteiger partial charge in [-0.2, -0.15) is 0 Å². The van der Waals surface area contributed by atoms with Gasteiger partial charge in [0.1, 0.15) is 23.0 Å². The number of rotatable bonds is 1. The first-order valence-electron chi connectivity index (χ1n) is 13.9. The Bertz CT molecular complexity index is 2330. The number of benzene rings is 6. The molecular formula is C36H20BNO2S. The van der Waals surface area contributed by atoms with Crippen LogP contribution in [0.4, 0.5) is 0 Å². The van der Waals surface area contributed by atoms with Crippen LogP contribution in [-0.4, -0.2) is 11.3 Å². The molecule has 2 aliphatic heterocycles. The summed E-state index contributed by atoms with van der Waals surface area (Å²) in [6, 6.07) is 43.2. The largest absolute Gasteiger partial charge is 0.458 e. The number of aromatic nitrogens is 1. The highest BCUT2D eigenvalue weighted by Gasteiger charge is 2.40. The summed E-state index contributed by atoms with van der Waals surface area (Å²) in [5, 5.41) is 5.07. The maximum atomic E-state index is 6.65. The van der Waals surface area contributed by atoms with E-state index in [0.29, 0.717) is 0 Å². The zero-order chi connectivity index (χ0) is 26.7.